The van der Waals surface area contributed by atoms with Gasteiger partial charge < -0.3 is 15.4 Å². The number of carbonyl (C=O) groups is 1. The molecule has 0 fully saturated rings. The van der Waals surface area contributed by atoms with Crippen molar-refractivity contribution in [3.8, 4) is 5.75 Å². The van der Waals surface area contributed by atoms with Crippen LogP contribution in [0.25, 0.3) is 0 Å². The fourth-order valence-corrected chi connectivity index (χ4v) is 3.69. The standard InChI is InChI=1S/C24H35ClN4O4/c1-6-8-10-28(21-22(26)29(11-9-7-2)24(32)27-23(21)31)20(30)14-33-19-12-16(5)18(25)13-17(19)15(3)4/h12-13,15H,6-11,14,26H2,1-5H3,(H,27,31,32). The monoisotopic (exact) mass is 478 g/mol. The fraction of sp³-hybridized carbons (Fsp3) is 0.542. The summed E-state index contributed by atoms with van der Waals surface area (Å²) in [6.07, 6.45) is 3.04. The van der Waals surface area contributed by atoms with Gasteiger partial charge in [-0.3, -0.25) is 19.1 Å². The maximum absolute atomic E-state index is 13.2. The Labute approximate surface area is 199 Å². The highest BCUT2D eigenvalue weighted by Crippen LogP contribution is 2.32. The fourth-order valence-electron chi connectivity index (χ4n) is 3.52. The van der Waals surface area contributed by atoms with Gasteiger partial charge in [-0.1, -0.05) is 52.1 Å². The third kappa shape index (κ3) is 6.41. The van der Waals surface area contributed by atoms with Gasteiger partial charge in [0, 0.05) is 18.1 Å². The summed E-state index contributed by atoms with van der Waals surface area (Å²) < 4.78 is 7.22. The Bertz CT molecular complexity index is 1090. The van der Waals surface area contributed by atoms with Gasteiger partial charge in [0.25, 0.3) is 11.5 Å². The predicted molar refractivity (Wildman–Crippen MR) is 134 cm³/mol. The van der Waals surface area contributed by atoms with Gasteiger partial charge in [0.1, 0.15) is 11.6 Å². The number of nitrogen functional groups attached to an aromatic ring is 1. The summed E-state index contributed by atoms with van der Waals surface area (Å²) in [5.74, 6) is 0.297. The average Bonchev–Trinajstić information content (AvgIpc) is 2.75. The summed E-state index contributed by atoms with van der Waals surface area (Å²) in [7, 11) is 0. The number of aromatic nitrogens is 2. The number of nitrogens with two attached hydrogens (primary N) is 1. The van der Waals surface area contributed by atoms with Crippen LogP contribution in [0.4, 0.5) is 11.5 Å². The summed E-state index contributed by atoms with van der Waals surface area (Å²) in [6, 6.07) is 3.66. The lowest BCUT2D eigenvalue weighted by Gasteiger charge is -2.25. The average molecular weight is 479 g/mol. The summed E-state index contributed by atoms with van der Waals surface area (Å²) in [5, 5.41) is 0.635. The van der Waals surface area contributed by atoms with Crippen LogP contribution in [0.3, 0.4) is 0 Å². The lowest BCUT2D eigenvalue weighted by atomic mass is 10.0. The lowest BCUT2D eigenvalue weighted by molar-refractivity contribution is -0.120. The van der Waals surface area contributed by atoms with E-state index in [4.69, 9.17) is 22.1 Å². The Morgan fingerprint density at radius 3 is 2.48 bits per heavy atom. The molecular formula is C24H35ClN4O4. The Morgan fingerprint density at radius 1 is 1.21 bits per heavy atom. The van der Waals surface area contributed by atoms with Crippen molar-refractivity contribution in [1.82, 2.24) is 9.55 Å². The number of halogens is 1. The molecular weight excluding hydrogens is 444 g/mol. The van der Waals surface area contributed by atoms with E-state index in [1.165, 1.54) is 9.47 Å². The molecule has 0 saturated carbocycles. The molecule has 0 aliphatic heterocycles. The number of anilines is 2. The number of benzene rings is 1. The molecule has 1 aromatic carbocycles. The number of hydrogen-bond acceptors (Lipinski definition) is 5. The largest absolute Gasteiger partial charge is 0.483 e. The van der Waals surface area contributed by atoms with Gasteiger partial charge in [-0.15, -0.1) is 0 Å². The van der Waals surface area contributed by atoms with Crippen LogP contribution in [-0.2, 0) is 11.3 Å². The van der Waals surface area contributed by atoms with Crippen LogP contribution in [-0.4, -0.2) is 28.6 Å². The van der Waals surface area contributed by atoms with Crippen LogP contribution in [0, 0.1) is 6.92 Å². The molecule has 0 atom stereocenters. The summed E-state index contributed by atoms with van der Waals surface area (Å²) >= 11 is 6.27. The molecule has 0 bridgehead atoms. The van der Waals surface area contributed by atoms with E-state index in [1.54, 1.807) is 0 Å². The number of aromatic amines is 1. The van der Waals surface area contributed by atoms with Crippen molar-refractivity contribution < 1.29 is 9.53 Å². The second-order valence-corrected chi connectivity index (χ2v) is 8.89. The molecule has 0 radical (unpaired) electrons. The number of carbonyl (C=O) groups excluding carboxylic acids is 1. The molecule has 0 spiro atoms. The van der Waals surface area contributed by atoms with Crippen LogP contribution in [0.5, 0.6) is 5.75 Å². The molecule has 1 amide bonds. The lowest BCUT2D eigenvalue weighted by Crippen LogP contribution is -2.43. The van der Waals surface area contributed by atoms with Crippen molar-refractivity contribution in [3.63, 3.8) is 0 Å². The van der Waals surface area contributed by atoms with Crippen molar-refractivity contribution in [2.45, 2.75) is 72.8 Å². The predicted octanol–water partition coefficient (Wildman–Crippen LogP) is 4.22. The van der Waals surface area contributed by atoms with E-state index in [2.05, 4.69) is 4.98 Å². The number of aryl methyl sites for hydroxylation is 1. The molecule has 3 N–H and O–H groups in total. The zero-order valence-corrected chi connectivity index (χ0v) is 20.9. The summed E-state index contributed by atoms with van der Waals surface area (Å²) in [6.45, 7) is 10.2. The second-order valence-electron chi connectivity index (χ2n) is 8.48. The minimum atomic E-state index is -0.681. The zero-order chi connectivity index (χ0) is 24.7. The van der Waals surface area contributed by atoms with E-state index in [1.807, 2.05) is 46.8 Å². The molecule has 8 nitrogen and oxygen atoms in total. The Balaban J connectivity index is 2.41. The highest BCUT2D eigenvalue weighted by Gasteiger charge is 2.25. The number of ether oxygens (including phenoxy) is 1. The topological polar surface area (TPSA) is 110 Å². The number of amides is 1. The molecule has 0 saturated heterocycles. The molecule has 0 unspecified atom stereocenters. The Morgan fingerprint density at radius 2 is 1.88 bits per heavy atom. The molecule has 2 aromatic rings. The van der Waals surface area contributed by atoms with E-state index < -0.39 is 17.2 Å². The number of nitrogens with one attached hydrogen (secondary N) is 1. The Hall–Kier alpha value is -2.74. The van der Waals surface area contributed by atoms with Crippen LogP contribution >= 0.6 is 11.6 Å². The molecule has 1 heterocycles. The van der Waals surface area contributed by atoms with E-state index in [0.717, 1.165) is 30.4 Å². The normalized spacial score (nSPS) is 11.1. The highest BCUT2D eigenvalue weighted by molar-refractivity contribution is 6.31. The van der Waals surface area contributed by atoms with Crippen LogP contribution < -0.4 is 26.6 Å². The van der Waals surface area contributed by atoms with Crippen LogP contribution in [0.15, 0.2) is 21.7 Å². The first-order valence-electron chi connectivity index (χ1n) is 11.5. The number of hydrogen-bond donors (Lipinski definition) is 2. The third-order valence-electron chi connectivity index (χ3n) is 5.52. The van der Waals surface area contributed by atoms with Gasteiger partial charge in [-0.25, -0.2) is 4.79 Å². The first kappa shape index (κ1) is 26.5. The van der Waals surface area contributed by atoms with Gasteiger partial charge >= 0.3 is 5.69 Å². The van der Waals surface area contributed by atoms with E-state index in [-0.39, 0.29) is 30.6 Å². The summed E-state index contributed by atoms with van der Waals surface area (Å²) in [5.41, 5.74) is 6.71. The Kier molecular flexibility index (Phi) is 9.58. The SMILES string of the molecule is CCCCN(C(=O)COc1cc(C)c(Cl)cc1C(C)C)c1c(N)n(CCCC)c(=O)[nH]c1=O. The molecule has 1 aromatic heterocycles. The van der Waals surface area contributed by atoms with E-state index in [0.29, 0.717) is 23.7 Å². The quantitative estimate of drug-likeness (QED) is 0.502. The first-order chi connectivity index (χ1) is 15.6. The third-order valence-corrected chi connectivity index (χ3v) is 5.93. The van der Waals surface area contributed by atoms with Gasteiger partial charge in [0.05, 0.1) is 0 Å². The molecule has 182 valence electrons. The minimum Gasteiger partial charge on any atom is -0.483 e. The molecule has 2 rings (SSSR count). The van der Waals surface area contributed by atoms with E-state index in [9.17, 15) is 14.4 Å². The molecule has 0 aliphatic carbocycles. The molecule has 0 aliphatic rings. The van der Waals surface area contributed by atoms with Crippen LogP contribution in [0.2, 0.25) is 5.02 Å². The first-order valence-corrected chi connectivity index (χ1v) is 11.9. The maximum atomic E-state index is 13.2. The minimum absolute atomic E-state index is 0.00754. The smallest absolute Gasteiger partial charge is 0.330 e. The van der Waals surface area contributed by atoms with Gasteiger partial charge in [-0.2, -0.15) is 0 Å². The second kappa shape index (κ2) is 11.9. The van der Waals surface area contributed by atoms with Gasteiger partial charge in [-0.05, 0) is 48.9 Å². The van der Waals surface area contributed by atoms with E-state index >= 15 is 0 Å². The van der Waals surface area contributed by atoms with Crippen molar-refractivity contribution >= 4 is 29.0 Å². The summed E-state index contributed by atoms with van der Waals surface area (Å²) in [4.78, 5) is 41.9. The number of rotatable bonds is 11. The van der Waals surface area contributed by atoms with Crippen molar-refractivity contribution in [2.24, 2.45) is 0 Å². The molecule has 33 heavy (non-hydrogen) atoms. The maximum Gasteiger partial charge on any atom is 0.330 e. The van der Waals surface area contributed by atoms with Crippen molar-refractivity contribution in [1.29, 1.82) is 0 Å². The van der Waals surface area contributed by atoms with Gasteiger partial charge in [0.2, 0.25) is 0 Å². The van der Waals surface area contributed by atoms with Crippen molar-refractivity contribution in [3.05, 3.63) is 49.1 Å². The van der Waals surface area contributed by atoms with Crippen LogP contribution in [0.1, 0.15) is 70.4 Å². The van der Waals surface area contributed by atoms with Gasteiger partial charge in [0.15, 0.2) is 12.3 Å². The van der Waals surface area contributed by atoms with Crippen molar-refractivity contribution in [2.75, 3.05) is 23.8 Å². The molecule has 9 heteroatoms. The number of H-pyrrole nitrogens is 1. The number of nitrogens with zero attached hydrogens (tertiary/aromatic N) is 2. The number of unbranched alkanes of at least 4 members (excludes halogenated alkanes) is 2. The highest BCUT2D eigenvalue weighted by atomic mass is 35.5. The zero-order valence-electron chi connectivity index (χ0n) is 20.2.